The minimum atomic E-state index is 0.165. The fourth-order valence-electron chi connectivity index (χ4n) is 0.632. The molecule has 12 heavy (non-hydrogen) atoms. The van der Waals surface area contributed by atoms with E-state index in [0.29, 0.717) is 13.0 Å². The molecule has 0 atom stereocenters. The van der Waals surface area contributed by atoms with Gasteiger partial charge in [0.05, 0.1) is 19.6 Å². The van der Waals surface area contributed by atoms with Crippen LogP contribution in [0.2, 0.25) is 0 Å². The van der Waals surface area contributed by atoms with Crippen LogP contribution in [0.5, 0.6) is 0 Å². The van der Waals surface area contributed by atoms with Crippen molar-refractivity contribution in [1.29, 1.82) is 5.41 Å². The highest BCUT2D eigenvalue weighted by Crippen LogP contribution is 1.95. The van der Waals surface area contributed by atoms with Crippen molar-refractivity contribution < 1.29 is 9.47 Å². The molecule has 0 aromatic heterocycles. The van der Waals surface area contributed by atoms with Gasteiger partial charge in [0, 0.05) is 18.6 Å². The molecule has 0 amide bonds. The van der Waals surface area contributed by atoms with E-state index < -0.39 is 0 Å². The van der Waals surface area contributed by atoms with Gasteiger partial charge in [-0.05, 0) is 12.8 Å². The summed E-state index contributed by atoms with van der Waals surface area (Å²) in [6, 6.07) is 0. The molecule has 5 heteroatoms. The molecule has 0 heterocycles. The second-order valence-electron chi connectivity index (χ2n) is 2.28. The minimum Gasteiger partial charge on any atom is -0.460 e. The lowest BCUT2D eigenvalue weighted by Crippen LogP contribution is -2.10. The van der Waals surface area contributed by atoms with Crippen LogP contribution in [0.3, 0.4) is 0 Å². The van der Waals surface area contributed by atoms with Gasteiger partial charge in [-0.25, -0.2) is 0 Å². The molecular weight excluding hydrogens is 176 g/mol. The van der Waals surface area contributed by atoms with Crippen molar-refractivity contribution in [2.24, 2.45) is 5.73 Å². The smallest absolute Gasteiger partial charge is 0.351 e. The van der Waals surface area contributed by atoms with E-state index in [0.717, 1.165) is 12.8 Å². The molecule has 0 radical (unpaired) electrons. The molecule has 70 valence electrons. The van der Waals surface area contributed by atoms with Crippen molar-refractivity contribution in [3.63, 3.8) is 0 Å². The van der Waals surface area contributed by atoms with Gasteiger partial charge in [0.2, 0.25) is 0 Å². The van der Waals surface area contributed by atoms with Crippen LogP contribution in [0.1, 0.15) is 19.3 Å². The largest absolute Gasteiger partial charge is 0.460 e. The average molecular weight is 190 g/mol. The van der Waals surface area contributed by atoms with Crippen LogP contribution >= 0.6 is 12.2 Å². The Bertz CT molecular complexity index is 161. The Balaban J connectivity index is 3.11. The van der Waals surface area contributed by atoms with Gasteiger partial charge in [-0.15, -0.1) is 0 Å². The van der Waals surface area contributed by atoms with Gasteiger partial charge in [0.15, 0.2) is 0 Å². The van der Waals surface area contributed by atoms with Gasteiger partial charge in [-0.3, -0.25) is 5.41 Å². The van der Waals surface area contributed by atoms with Gasteiger partial charge in [0.1, 0.15) is 0 Å². The highest BCUT2D eigenvalue weighted by Gasteiger charge is 1.95. The number of hydrogen-bond donors (Lipinski definition) is 2. The van der Waals surface area contributed by atoms with E-state index in [1.165, 1.54) is 7.11 Å². The van der Waals surface area contributed by atoms with Crippen molar-refractivity contribution in [3.8, 4) is 0 Å². The number of thiocarbonyl (C=S) groups is 1. The van der Waals surface area contributed by atoms with Crippen LogP contribution in [0.15, 0.2) is 0 Å². The summed E-state index contributed by atoms with van der Waals surface area (Å²) in [7, 11) is 1.47. The number of unbranched alkanes of at least 4 members (excludes halogenated alkanes) is 1. The molecule has 0 aliphatic carbocycles. The standard InChI is InChI=1S/C7H14N2O2S/c1-10-7(12)11-5-3-2-4-6(8)9/h2-5H2,1H3,(H3,8,9). The lowest BCUT2D eigenvalue weighted by atomic mass is 10.2. The number of nitrogens with one attached hydrogen (secondary N) is 1. The van der Waals surface area contributed by atoms with E-state index in [9.17, 15) is 0 Å². The topological polar surface area (TPSA) is 68.3 Å². The molecule has 0 bridgehead atoms. The first-order valence-corrected chi connectivity index (χ1v) is 4.11. The van der Waals surface area contributed by atoms with Gasteiger partial charge in [0.25, 0.3) is 0 Å². The first-order valence-electron chi connectivity index (χ1n) is 3.70. The normalized spacial score (nSPS) is 9.08. The first-order chi connectivity index (χ1) is 5.66. The van der Waals surface area contributed by atoms with Gasteiger partial charge in [-0.2, -0.15) is 0 Å². The average Bonchev–Trinajstić information content (AvgIpc) is 2.03. The highest BCUT2D eigenvalue weighted by atomic mass is 32.1. The van der Waals surface area contributed by atoms with Crippen molar-refractivity contribution in [1.82, 2.24) is 0 Å². The quantitative estimate of drug-likeness (QED) is 0.294. The molecule has 3 N–H and O–H groups in total. The predicted octanol–water partition coefficient (Wildman–Crippen LogP) is 1.04. The summed E-state index contributed by atoms with van der Waals surface area (Å²) in [6.45, 7) is 0.528. The monoisotopic (exact) mass is 190 g/mol. The molecule has 0 aromatic carbocycles. The van der Waals surface area contributed by atoms with E-state index in [4.69, 9.17) is 15.9 Å². The van der Waals surface area contributed by atoms with Gasteiger partial charge in [-0.1, -0.05) is 0 Å². The third kappa shape index (κ3) is 7.27. The maximum atomic E-state index is 6.94. The summed E-state index contributed by atoms with van der Waals surface area (Å²) in [5.74, 6) is 0.212. The number of nitrogens with two attached hydrogens (primary N) is 1. The molecule has 0 fully saturated rings. The Kier molecular flexibility index (Phi) is 6.37. The number of ether oxygens (including phenoxy) is 2. The van der Waals surface area contributed by atoms with Crippen molar-refractivity contribution in [3.05, 3.63) is 0 Å². The van der Waals surface area contributed by atoms with Crippen molar-refractivity contribution >= 4 is 23.3 Å². The van der Waals surface area contributed by atoms with Crippen LogP contribution in [0.25, 0.3) is 0 Å². The maximum Gasteiger partial charge on any atom is 0.351 e. The fraction of sp³-hybridized carbons (Fsp3) is 0.714. The Hall–Kier alpha value is -0.840. The second kappa shape index (κ2) is 6.84. The zero-order valence-corrected chi connectivity index (χ0v) is 7.95. The summed E-state index contributed by atoms with van der Waals surface area (Å²) >= 11 is 4.65. The van der Waals surface area contributed by atoms with Crippen LogP contribution in [0.4, 0.5) is 0 Å². The summed E-state index contributed by atoms with van der Waals surface area (Å²) in [6.07, 6.45) is 2.30. The number of hydrogen-bond acceptors (Lipinski definition) is 4. The molecule has 0 rings (SSSR count). The van der Waals surface area contributed by atoms with Gasteiger partial charge < -0.3 is 15.2 Å². The van der Waals surface area contributed by atoms with Crippen LogP contribution < -0.4 is 5.73 Å². The van der Waals surface area contributed by atoms with Crippen LogP contribution in [0, 0.1) is 5.41 Å². The number of amidine groups is 1. The summed E-state index contributed by atoms with van der Waals surface area (Å²) in [4.78, 5) is 0. The first kappa shape index (κ1) is 11.2. The summed E-state index contributed by atoms with van der Waals surface area (Å²) < 4.78 is 9.59. The predicted molar refractivity (Wildman–Crippen MR) is 51.3 cm³/mol. The minimum absolute atomic E-state index is 0.165. The second-order valence-corrected chi connectivity index (χ2v) is 2.62. The lowest BCUT2D eigenvalue weighted by Gasteiger charge is -2.04. The van der Waals surface area contributed by atoms with E-state index >= 15 is 0 Å². The zero-order valence-electron chi connectivity index (χ0n) is 7.13. The SMILES string of the molecule is COC(=S)OCCCCC(=N)N. The highest BCUT2D eigenvalue weighted by molar-refractivity contribution is 7.79. The van der Waals surface area contributed by atoms with Crippen molar-refractivity contribution in [2.45, 2.75) is 19.3 Å². The lowest BCUT2D eigenvalue weighted by molar-refractivity contribution is 0.206. The van der Waals surface area contributed by atoms with Gasteiger partial charge >= 0.3 is 5.24 Å². The number of rotatable bonds is 5. The Morgan fingerprint density at radius 1 is 1.50 bits per heavy atom. The molecule has 0 unspecified atom stereocenters. The van der Waals surface area contributed by atoms with Crippen LogP contribution in [-0.4, -0.2) is 24.8 Å². The maximum absolute atomic E-state index is 6.94. The Morgan fingerprint density at radius 2 is 2.17 bits per heavy atom. The molecule has 4 nitrogen and oxygen atoms in total. The third-order valence-corrected chi connectivity index (χ3v) is 1.51. The molecule has 0 aliphatic heterocycles. The molecular formula is C7H14N2O2S. The van der Waals surface area contributed by atoms with Crippen molar-refractivity contribution in [2.75, 3.05) is 13.7 Å². The van der Waals surface area contributed by atoms with Crippen LogP contribution in [-0.2, 0) is 9.47 Å². The van der Waals surface area contributed by atoms with E-state index in [-0.39, 0.29) is 11.1 Å². The zero-order chi connectivity index (χ0) is 9.40. The fourth-order valence-corrected chi connectivity index (χ4v) is 0.715. The van der Waals surface area contributed by atoms with E-state index in [1.807, 2.05) is 0 Å². The Morgan fingerprint density at radius 3 is 2.67 bits per heavy atom. The Labute approximate surface area is 77.5 Å². The number of methoxy groups -OCH3 is 1. The molecule has 0 saturated carbocycles. The molecule has 0 aliphatic rings. The summed E-state index contributed by atoms with van der Waals surface area (Å²) in [5.41, 5.74) is 5.15. The summed E-state index contributed by atoms with van der Waals surface area (Å²) in [5, 5.41) is 7.10. The molecule has 0 spiro atoms. The third-order valence-electron chi connectivity index (χ3n) is 1.23. The van der Waals surface area contributed by atoms with E-state index in [1.54, 1.807) is 0 Å². The van der Waals surface area contributed by atoms with E-state index in [2.05, 4.69) is 17.0 Å². The molecule has 0 saturated heterocycles. The molecule has 0 aromatic rings.